The highest BCUT2D eigenvalue weighted by molar-refractivity contribution is 7.10. The Morgan fingerprint density at radius 3 is 2.69 bits per heavy atom. The lowest BCUT2D eigenvalue weighted by Gasteiger charge is -2.38. The maximum Gasteiger partial charge on any atom is 0.242 e. The molecule has 0 radical (unpaired) electrons. The number of benzene rings is 1. The summed E-state index contributed by atoms with van der Waals surface area (Å²) in [6.45, 7) is 7.62. The Morgan fingerprint density at radius 2 is 2.00 bits per heavy atom. The standard InChI is InChI=1S/C23H29ClN2O2S/c1-16(2)8-11-25(21(27)14-24)15-22(28)26-12-9-20-19(10-13-29-20)23(26)18-7-5-4-6-17(18)3/h4-7,10,13,16,23H,8-9,11-12,14-15H2,1-3H3. The van der Waals surface area contributed by atoms with Crippen LogP contribution in [0.2, 0.25) is 0 Å². The van der Waals surface area contributed by atoms with Crippen LogP contribution in [-0.4, -0.2) is 47.1 Å². The molecule has 2 aromatic rings. The van der Waals surface area contributed by atoms with Crippen molar-refractivity contribution in [3.05, 3.63) is 57.3 Å². The summed E-state index contributed by atoms with van der Waals surface area (Å²) in [5.41, 5.74) is 3.53. The van der Waals surface area contributed by atoms with E-state index in [1.165, 1.54) is 16.0 Å². The predicted molar refractivity (Wildman–Crippen MR) is 120 cm³/mol. The predicted octanol–water partition coefficient (Wildman–Crippen LogP) is 4.64. The summed E-state index contributed by atoms with van der Waals surface area (Å²) >= 11 is 7.57. The Morgan fingerprint density at radius 1 is 1.24 bits per heavy atom. The van der Waals surface area contributed by atoms with Crippen LogP contribution in [0.5, 0.6) is 0 Å². The lowest BCUT2D eigenvalue weighted by molar-refractivity contribution is -0.140. The summed E-state index contributed by atoms with van der Waals surface area (Å²) in [4.78, 5) is 30.6. The molecule has 6 heteroatoms. The number of halogens is 1. The molecule has 0 spiro atoms. The second-order valence-corrected chi connectivity index (χ2v) is 9.29. The van der Waals surface area contributed by atoms with E-state index in [0.717, 1.165) is 18.4 Å². The molecule has 0 N–H and O–H groups in total. The molecule has 0 fully saturated rings. The van der Waals surface area contributed by atoms with Gasteiger partial charge in [-0.1, -0.05) is 38.1 Å². The van der Waals surface area contributed by atoms with E-state index in [1.54, 1.807) is 16.2 Å². The molecule has 29 heavy (non-hydrogen) atoms. The number of fused-ring (bicyclic) bond motifs is 1. The highest BCUT2D eigenvalue weighted by atomic mass is 35.5. The van der Waals surface area contributed by atoms with E-state index in [2.05, 4.69) is 44.4 Å². The van der Waals surface area contributed by atoms with Crippen LogP contribution in [0.4, 0.5) is 0 Å². The fourth-order valence-corrected chi connectivity index (χ4v) is 4.93. The average Bonchev–Trinajstić information content (AvgIpc) is 3.19. The van der Waals surface area contributed by atoms with E-state index in [4.69, 9.17) is 11.6 Å². The lowest BCUT2D eigenvalue weighted by atomic mass is 9.90. The quantitative estimate of drug-likeness (QED) is 0.598. The minimum absolute atomic E-state index is 0.0164. The van der Waals surface area contributed by atoms with Gasteiger partial charge < -0.3 is 9.80 Å². The number of amides is 2. The average molecular weight is 433 g/mol. The number of thiophene rings is 1. The molecule has 1 aromatic carbocycles. The highest BCUT2D eigenvalue weighted by Gasteiger charge is 2.34. The van der Waals surface area contributed by atoms with Crippen LogP contribution in [0, 0.1) is 12.8 Å². The first-order chi connectivity index (χ1) is 13.9. The molecule has 4 nitrogen and oxygen atoms in total. The zero-order valence-corrected chi connectivity index (χ0v) is 18.9. The second-order valence-electron chi connectivity index (χ2n) is 8.03. The summed E-state index contributed by atoms with van der Waals surface area (Å²) in [6.07, 6.45) is 1.71. The first-order valence-corrected chi connectivity index (χ1v) is 11.6. The smallest absolute Gasteiger partial charge is 0.242 e. The van der Waals surface area contributed by atoms with Crippen LogP contribution >= 0.6 is 22.9 Å². The zero-order chi connectivity index (χ0) is 21.0. The number of carbonyl (C=O) groups excluding carboxylic acids is 2. The van der Waals surface area contributed by atoms with E-state index in [0.29, 0.717) is 19.0 Å². The molecular formula is C23H29ClN2O2S. The second kappa shape index (κ2) is 9.77. The molecule has 1 aromatic heterocycles. The van der Waals surface area contributed by atoms with Crippen molar-refractivity contribution in [2.45, 2.75) is 39.7 Å². The summed E-state index contributed by atoms with van der Waals surface area (Å²) in [5, 5.41) is 2.11. The van der Waals surface area contributed by atoms with Crippen LogP contribution < -0.4 is 0 Å². The van der Waals surface area contributed by atoms with Crippen molar-refractivity contribution >= 4 is 34.8 Å². The van der Waals surface area contributed by atoms with Crippen LogP contribution in [0.1, 0.15) is 47.9 Å². The van der Waals surface area contributed by atoms with Gasteiger partial charge in [0.15, 0.2) is 0 Å². The van der Waals surface area contributed by atoms with Gasteiger partial charge in [0.05, 0.1) is 12.6 Å². The van der Waals surface area contributed by atoms with Gasteiger partial charge in [0.25, 0.3) is 0 Å². The maximum absolute atomic E-state index is 13.4. The molecule has 1 atom stereocenters. The summed E-state index contributed by atoms with van der Waals surface area (Å²) in [6, 6.07) is 10.3. The molecule has 3 rings (SSSR count). The third kappa shape index (κ3) is 5.01. The molecule has 1 aliphatic heterocycles. The van der Waals surface area contributed by atoms with E-state index < -0.39 is 0 Å². The molecule has 0 saturated carbocycles. The fraction of sp³-hybridized carbons (Fsp3) is 0.478. The van der Waals surface area contributed by atoms with Gasteiger partial charge in [-0.2, -0.15) is 0 Å². The van der Waals surface area contributed by atoms with E-state index in [-0.39, 0.29) is 30.3 Å². The van der Waals surface area contributed by atoms with Crippen molar-refractivity contribution in [2.75, 3.05) is 25.5 Å². The minimum atomic E-state index is -0.179. The zero-order valence-electron chi connectivity index (χ0n) is 17.4. The Kier molecular flexibility index (Phi) is 7.36. The molecule has 0 saturated heterocycles. The summed E-state index contributed by atoms with van der Waals surface area (Å²) < 4.78 is 0. The van der Waals surface area contributed by atoms with Crippen molar-refractivity contribution < 1.29 is 9.59 Å². The lowest BCUT2D eigenvalue weighted by Crippen LogP contribution is -2.47. The monoisotopic (exact) mass is 432 g/mol. The van der Waals surface area contributed by atoms with Crippen LogP contribution in [0.15, 0.2) is 35.7 Å². The van der Waals surface area contributed by atoms with Crippen LogP contribution in [0.25, 0.3) is 0 Å². The van der Waals surface area contributed by atoms with Gasteiger partial charge in [0.2, 0.25) is 11.8 Å². The Balaban J connectivity index is 1.88. The van der Waals surface area contributed by atoms with Crippen molar-refractivity contribution in [3.63, 3.8) is 0 Å². The molecule has 1 aliphatic rings. The summed E-state index contributed by atoms with van der Waals surface area (Å²) in [7, 11) is 0. The number of alkyl halides is 1. The fourth-order valence-electron chi connectivity index (χ4n) is 3.86. The van der Waals surface area contributed by atoms with Gasteiger partial charge in [0, 0.05) is 18.0 Å². The number of nitrogens with zero attached hydrogens (tertiary/aromatic N) is 2. The molecule has 0 bridgehead atoms. The normalized spacial score (nSPS) is 16.0. The van der Waals surface area contributed by atoms with Gasteiger partial charge >= 0.3 is 0 Å². The molecule has 156 valence electrons. The number of carbonyl (C=O) groups is 2. The molecule has 1 unspecified atom stereocenters. The minimum Gasteiger partial charge on any atom is -0.332 e. The number of hydrogen-bond donors (Lipinski definition) is 0. The van der Waals surface area contributed by atoms with Crippen molar-refractivity contribution in [1.82, 2.24) is 9.80 Å². The SMILES string of the molecule is Cc1ccccc1C1c2ccsc2CCN1C(=O)CN(CCC(C)C)C(=O)CCl. The van der Waals surface area contributed by atoms with Gasteiger partial charge in [-0.05, 0) is 53.8 Å². The third-order valence-corrected chi connectivity index (χ3v) is 6.76. The van der Waals surface area contributed by atoms with Crippen molar-refractivity contribution in [1.29, 1.82) is 0 Å². The first-order valence-electron chi connectivity index (χ1n) is 10.2. The Bertz CT molecular complexity index is 864. The van der Waals surface area contributed by atoms with Crippen LogP contribution in [0.3, 0.4) is 0 Å². The highest BCUT2D eigenvalue weighted by Crippen LogP contribution is 2.39. The maximum atomic E-state index is 13.4. The van der Waals surface area contributed by atoms with Crippen LogP contribution in [-0.2, 0) is 16.0 Å². The third-order valence-electron chi connectivity index (χ3n) is 5.54. The Labute approximate surface area is 182 Å². The molecule has 2 heterocycles. The number of hydrogen-bond acceptors (Lipinski definition) is 3. The van der Waals surface area contributed by atoms with E-state index in [1.807, 2.05) is 17.0 Å². The molecule has 0 aliphatic carbocycles. The Hall–Kier alpha value is -1.85. The molecule has 2 amide bonds. The number of aryl methyl sites for hydroxylation is 1. The van der Waals surface area contributed by atoms with E-state index >= 15 is 0 Å². The summed E-state index contributed by atoms with van der Waals surface area (Å²) in [5.74, 6) is 0.166. The van der Waals surface area contributed by atoms with Crippen molar-refractivity contribution in [3.8, 4) is 0 Å². The topological polar surface area (TPSA) is 40.6 Å². The van der Waals surface area contributed by atoms with Crippen molar-refractivity contribution in [2.24, 2.45) is 5.92 Å². The number of rotatable bonds is 7. The van der Waals surface area contributed by atoms with Gasteiger partial charge in [-0.25, -0.2) is 0 Å². The first kappa shape index (κ1) is 21.8. The van der Waals surface area contributed by atoms with E-state index in [9.17, 15) is 9.59 Å². The van der Waals surface area contributed by atoms with Gasteiger partial charge in [-0.3, -0.25) is 9.59 Å². The van der Waals surface area contributed by atoms with Gasteiger partial charge in [0.1, 0.15) is 5.88 Å². The molecular weight excluding hydrogens is 404 g/mol. The van der Waals surface area contributed by atoms with Gasteiger partial charge in [-0.15, -0.1) is 22.9 Å². The largest absolute Gasteiger partial charge is 0.332 e.